The highest BCUT2D eigenvalue weighted by Crippen LogP contribution is 2.24. The molecule has 2 saturated heterocycles. The van der Waals surface area contributed by atoms with Gasteiger partial charge in [0, 0.05) is 0 Å². The number of rotatable bonds is 0. The van der Waals surface area contributed by atoms with Crippen molar-refractivity contribution >= 4 is 7.69 Å². The van der Waals surface area contributed by atoms with Crippen molar-refractivity contribution in [3.05, 3.63) is 0 Å². The molecule has 2 fully saturated rings. The smallest absolute Gasteiger partial charge is 0.411 e. The van der Waals surface area contributed by atoms with Gasteiger partial charge in [-0.15, -0.1) is 0 Å². The molecule has 0 saturated carbocycles. The first kappa shape index (κ1) is 9.38. The molecule has 0 radical (unpaired) electrons. The largest absolute Gasteiger partial charge is 0.438 e. The summed E-state index contributed by atoms with van der Waals surface area (Å²) in [5.74, 6) is 0. The lowest BCUT2D eigenvalue weighted by atomic mass is 9.97. The van der Waals surface area contributed by atoms with Crippen LogP contribution in [0.3, 0.4) is 0 Å². The van der Waals surface area contributed by atoms with Crippen LogP contribution in [0.5, 0.6) is 0 Å². The van der Waals surface area contributed by atoms with E-state index in [2.05, 4.69) is 0 Å². The van der Waals surface area contributed by atoms with E-state index >= 15 is 0 Å². The number of ether oxygens (including phenoxy) is 1. The third kappa shape index (κ3) is 1.59. The average Bonchev–Trinajstić information content (AvgIpc) is 2.15. The van der Waals surface area contributed by atoms with Crippen LogP contribution in [0.15, 0.2) is 0 Å². The molecule has 0 aliphatic carbocycles. The Balaban J connectivity index is 2.08. The molecule has 0 amide bonds. The van der Waals surface area contributed by atoms with Gasteiger partial charge in [0.15, 0.2) is 6.29 Å². The normalized spacial score (nSPS) is 50.8. The van der Waals surface area contributed by atoms with Crippen LogP contribution in [0.25, 0.3) is 0 Å². The highest BCUT2D eigenvalue weighted by atomic mass is 16.7. The lowest BCUT2D eigenvalue weighted by Gasteiger charge is -2.42. The molecule has 2 aliphatic heterocycles. The Morgan fingerprint density at radius 3 is 2.69 bits per heavy atom. The van der Waals surface area contributed by atoms with Gasteiger partial charge in [0.05, 0.1) is 12.7 Å². The summed E-state index contributed by atoms with van der Waals surface area (Å²) in [6, 6.07) is 0. The Morgan fingerprint density at radius 1 is 1.15 bits per heavy atom. The van der Waals surface area contributed by atoms with Crippen molar-refractivity contribution in [1.82, 2.24) is 0 Å². The molecule has 2 unspecified atom stereocenters. The minimum atomic E-state index is -1.37. The van der Waals surface area contributed by atoms with E-state index in [0.717, 1.165) is 0 Å². The van der Waals surface area contributed by atoms with Crippen LogP contribution in [0.2, 0.25) is 0 Å². The van der Waals surface area contributed by atoms with Gasteiger partial charge in [-0.3, -0.25) is 0 Å². The molecule has 2 aliphatic rings. The van der Waals surface area contributed by atoms with Crippen LogP contribution >= 0.6 is 0 Å². The second kappa shape index (κ2) is 3.53. The van der Waals surface area contributed by atoms with Gasteiger partial charge in [0.25, 0.3) is 0 Å². The summed E-state index contributed by atoms with van der Waals surface area (Å²) in [7, 11) is 0.0738. The fraction of sp³-hybridized carbons (Fsp3) is 1.00. The van der Waals surface area contributed by atoms with E-state index in [-0.39, 0.29) is 14.3 Å². The van der Waals surface area contributed by atoms with Crippen molar-refractivity contribution < 1.29 is 29.4 Å². The van der Waals surface area contributed by atoms with Gasteiger partial charge < -0.3 is 29.4 Å². The van der Waals surface area contributed by atoms with Gasteiger partial charge in [0.1, 0.15) is 18.3 Å². The quantitative estimate of drug-likeness (QED) is 0.355. The average molecular weight is 190 g/mol. The summed E-state index contributed by atoms with van der Waals surface area (Å²) < 4.78 is 14.9. The summed E-state index contributed by atoms with van der Waals surface area (Å²) >= 11 is 0. The molecule has 74 valence electrons. The van der Waals surface area contributed by atoms with Crippen molar-refractivity contribution in [3.8, 4) is 0 Å². The monoisotopic (exact) mass is 190 g/mol. The highest BCUT2D eigenvalue weighted by Gasteiger charge is 2.45. The van der Waals surface area contributed by atoms with Crippen LogP contribution in [0.1, 0.15) is 0 Å². The lowest BCUT2D eigenvalue weighted by molar-refractivity contribution is -0.290. The zero-order valence-corrected chi connectivity index (χ0v) is 6.87. The van der Waals surface area contributed by atoms with E-state index in [1.54, 1.807) is 0 Å². The number of hydrogen-bond donors (Lipinski definition) is 3. The Hall–Kier alpha value is -0.175. The Morgan fingerprint density at radius 2 is 1.92 bits per heavy atom. The molecule has 0 aromatic heterocycles. The van der Waals surface area contributed by atoms with Gasteiger partial charge in [-0.1, -0.05) is 0 Å². The molecule has 0 aromatic rings. The van der Waals surface area contributed by atoms with Crippen LogP contribution < -0.4 is 0 Å². The van der Waals surface area contributed by atoms with Crippen molar-refractivity contribution in [1.29, 1.82) is 0 Å². The van der Waals surface area contributed by atoms with Crippen molar-refractivity contribution in [3.63, 3.8) is 0 Å². The Bertz CT molecular complexity index is 188. The van der Waals surface area contributed by atoms with Gasteiger partial charge in [-0.05, 0) is 0 Å². The van der Waals surface area contributed by atoms with Gasteiger partial charge >= 0.3 is 7.69 Å². The molecule has 5 atom stereocenters. The van der Waals surface area contributed by atoms with Crippen LogP contribution in [-0.2, 0) is 14.0 Å². The van der Waals surface area contributed by atoms with Crippen molar-refractivity contribution in [2.24, 2.45) is 0 Å². The number of hydrogen-bond acceptors (Lipinski definition) is 6. The minimum Gasteiger partial charge on any atom is -0.411 e. The van der Waals surface area contributed by atoms with E-state index in [0.29, 0.717) is 0 Å². The number of fused-ring (bicyclic) bond motifs is 1. The molecule has 3 N–H and O–H groups in total. The van der Waals surface area contributed by atoms with Crippen LogP contribution in [-0.4, -0.2) is 60.3 Å². The van der Waals surface area contributed by atoms with Crippen LogP contribution in [0.4, 0.5) is 0 Å². The molecule has 0 bridgehead atoms. The Kier molecular flexibility index (Phi) is 2.54. The van der Waals surface area contributed by atoms with E-state index in [1.165, 1.54) is 0 Å². The number of aliphatic hydroxyl groups is 3. The standard InChI is InChI=1S/C6H11BO6/c8-3-4(9)6(10)12-2-1-11-7-13-5(2)3/h2-10H,1H2/t2?,3-,4+,5-,6?/m1/s1. The zero-order valence-electron chi connectivity index (χ0n) is 6.87. The predicted octanol–water partition coefficient (Wildman–Crippen LogP) is -2.89. The first-order valence-electron chi connectivity index (χ1n) is 4.09. The molecule has 0 spiro atoms. The third-order valence-electron chi connectivity index (χ3n) is 2.29. The molecule has 6 nitrogen and oxygen atoms in total. The first-order chi connectivity index (χ1) is 6.20. The lowest BCUT2D eigenvalue weighted by Crippen LogP contribution is -2.61. The van der Waals surface area contributed by atoms with E-state index < -0.39 is 30.7 Å². The van der Waals surface area contributed by atoms with Crippen molar-refractivity contribution in [2.75, 3.05) is 6.61 Å². The predicted molar refractivity (Wildman–Crippen MR) is 40.9 cm³/mol. The topological polar surface area (TPSA) is 88.4 Å². The van der Waals surface area contributed by atoms with Gasteiger partial charge in [0.2, 0.25) is 0 Å². The fourth-order valence-electron chi connectivity index (χ4n) is 1.55. The van der Waals surface area contributed by atoms with Crippen LogP contribution in [0, 0.1) is 0 Å². The summed E-state index contributed by atoms with van der Waals surface area (Å²) in [6.45, 7) is 0.255. The maximum atomic E-state index is 9.47. The minimum absolute atomic E-state index is 0.0738. The molecule has 7 heteroatoms. The maximum absolute atomic E-state index is 9.47. The SMILES string of the molecule is OC1OC2COBO[C@H]2[C@H](O)[C@@H]1O. The summed E-state index contributed by atoms with van der Waals surface area (Å²) in [6.07, 6.45) is -4.95. The van der Waals surface area contributed by atoms with E-state index in [9.17, 15) is 10.2 Å². The summed E-state index contributed by atoms with van der Waals surface area (Å²) in [5, 5.41) is 27.9. The van der Waals surface area contributed by atoms with Gasteiger partial charge in [-0.25, -0.2) is 0 Å². The van der Waals surface area contributed by atoms with Gasteiger partial charge in [-0.2, -0.15) is 0 Å². The molecule has 2 rings (SSSR count). The Labute approximate surface area is 75.3 Å². The highest BCUT2D eigenvalue weighted by molar-refractivity contribution is 6.18. The zero-order chi connectivity index (χ0) is 9.42. The van der Waals surface area contributed by atoms with E-state index in [1.807, 2.05) is 0 Å². The molecular formula is C6H11BO6. The number of aliphatic hydroxyl groups excluding tert-OH is 3. The first-order valence-corrected chi connectivity index (χ1v) is 4.09. The van der Waals surface area contributed by atoms with E-state index in [4.69, 9.17) is 19.2 Å². The fourth-order valence-corrected chi connectivity index (χ4v) is 1.55. The third-order valence-corrected chi connectivity index (χ3v) is 2.29. The molecule has 2 heterocycles. The summed E-state index contributed by atoms with van der Waals surface area (Å²) in [4.78, 5) is 0. The molecule has 0 aromatic carbocycles. The maximum Gasteiger partial charge on any atom is 0.438 e. The summed E-state index contributed by atoms with van der Waals surface area (Å²) in [5.41, 5.74) is 0. The second-order valence-electron chi connectivity index (χ2n) is 3.17. The molecule has 13 heavy (non-hydrogen) atoms. The van der Waals surface area contributed by atoms with Crippen molar-refractivity contribution in [2.45, 2.75) is 30.7 Å². The molecular weight excluding hydrogens is 179 g/mol. The second-order valence-corrected chi connectivity index (χ2v) is 3.17.